The Balaban J connectivity index is 2.43. The van der Waals surface area contributed by atoms with Gasteiger partial charge in [0, 0.05) is 0 Å². The predicted octanol–water partition coefficient (Wildman–Crippen LogP) is 0.777. The van der Waals surface area contributed by atoms with E-state index in [1.54, 1.807) is 6.08 Å². The van der Waals surface area contributed by atoms with E-state index in [-0.39, 0.29) is 5.91 Å². The predicted molar refractivity (Wildman–Crippen MR) is 46.9 cm³/mol. The standard InChI is InChI=1S/C7H4ClN3O/c8-6-1-4-5(2-9-6)10-3-11-7(4)12/h1-4H. The lowest BCUT2D eigenvalue weighted by Crippen LogP contribution is -2.27. The molecule has 12 heavy (non-hydrogen) atoms. The Kier molecular flexibility index (Phi) is 1.62. The van der Waals surface area contributed by atoms with Gasteiger partial charge in [-0.3, -0.25) is 4.79 Å². The maximum Gasteiger partial charge on any atom is 0.260 e. The highest BCUT2D eigenvalue weighted by Crippen LogP contribution is 2.17. The third-order valence-electron chi connectivity index (χ3n) is 1.60. The van der Waals surface area contributed by atoms with Crippen molar-refractivity contribution in [3.05, 3.63) is 11.2 Å². The van der Waals surface area contributed by atoms with Gasteiger partial charge in [-0.15, -0.1) is 0 Å². The molecule has 2 aliphatic rings. The molecule has 2 heterocycles. The number of nitrogens with zero attached hydrogens (tertiary/aromatic N) is 3. The summed E-state index contributed by atoms with van der Waals surface area (Å²) in [6.07, 6.45) is 4.25. The van der Waals surface area contributed by atoms with Crippen molar-refractivity contribution in [2.75, 3.05) is 0 Å². The van der Waals surface area contributed by atoms with Crippen LogP contribution in [0.25, 0.3) is 0 Å². The van der Waals surface area contributed by atoms with Crippen LogP contribution in [0, 0.1) is 5.92 Å². The fourth-order valence-electron chi connectivity index (χ4n) is 1.02. The molecule has 0 saturated heterocycles. The molecule has 1 atom stereocenters. The quantitative estimate of drug-likeness (QED) is 0.510. The average Bonchev–Trinajstić information content (AvgIpc) is 2.07. The first-order valence-corrected chi connectivity index (χ1v) is 3.70. The third kappa shape index (κ3) is 1.10. The molecular formula is C7H4ClN3O. The second kappa shape index (κ2) is 2.64. The van der Waals surface area contributed by atoms with E-state index in [2.05, 4.69) is 15.0 Å². The van der Waals surface area contributed by atoms with Crippen molar-refractivity contribution in [2.45, 2.75) is 0 Å². The van der Waals surface area contributed by atoms with E-state index < -0.39 is 5.92 Å². The van der Waals surface area contributed by atoms with Crippen LogP contribution in [0.5, 0.6) is 0 Å². The summed E-state index contributed by atoms with van der Waals surface area (Å²) in [5, 5.41) is 0.310. The molecule has 5 heteroatoms. The molecule has 0 saturated carbocycles. The van der Waals surface area contributed by atoms with Gasteiger partial charge < -0.3 is 0 Å². The third-order valence-corrected chi connectivity index (χ3v) is 1.82. The summed E-state index contributed by atoms with van der Waals surface area (Å²) in [5.74, 6) is -0.677. The molecule has 1 amide bonds. The molecule has 0 aliphatic carbocycles. The Bertz CT molecular complexity index is 354. The van der Waals surface area contributed by atoms with Crippen LogP contribution >= 0.6 is 11.6 Å². The molecule has 0 radical (unpaired) electrons. The van der Waals surface area contributed by atoms with Crippen molar-refractivity contribution in [3.8, 4) is 0 Å². The van der Waals surface area contributed by atoms with Gasteiger partial charge in [0.05, 0.1) is 11.9 Å². The summed E-state index contributed by atoms with van der Waals surface area (Å²) in [4.78, 5) is 22.4. The Morgan fingerprint density at radius 3 is 3.08 bits per heavy atom. The number of carbonyl (C=O) groups is 1. The van der Waals surface area contributed by atoms with E-state index in [1.165, 1.54) is 12.6 Å². The largest absolute Gasteiger partial charge is 0.271 e. The zero-order valence-corrected chi connectivity index (χ0v) is 6.69. The highest BCUT2D eigenvalue weighted by molar-refractivity contribution is 6.42. The molecule has 2 aliphatic heterocycles. The zero-order chi connectivity index (χ0) is 8.55. The minimum Gasteiger partial charge on any atom is -0.271 e. The summed E-state index contributed by atoms with van der Waals surface area (Å²) >= 11 is 5.61. The number of fused-ring (bicyclic) bond motifs is 1. The highest BCUT2D eigenvalue weighted by atomic mass is 35.5. The molecule has 0 fully saturated rings. The van der Waals surface area contributed by atoms with Gasteiger partial charge in [-0.2, -0.15) is 0 Å². The highest BCUT2D eigenvalue weighted by Gasteiger charge is 2.25. The molecule has 2 rings (SSSR count). The minimum atomic E-state index is -0.431. The molecule has 0 spiro atoms. The van der Waals surface area contributed by atoms with Gasteiger partial charge in [0.15, 0.2) is 0 Å². The maximum atomic E-state index is 11.1. The van der Waals surface area contributed by atoms with Crippen LogP contribution in [0.3, 0.4) is 0 Å². The van der Waals surface area contributed by atoms with Crippen molar-refractivity contribution in [1.29, 1.82) is 0 Å². The SMILES string of the molecule is O=C1N=CN=C2C=NC(Cl)=CC12. The fourth-order valence-corrected chi connectivity index (χ4v) is 1.19. The monoisotopic (exact) mass is 181 g/mol. The van der Waals surface area contributed by atoms with Gasteiger partial charge >= 0.3 is 0 Å². The summed E-state index contributed by atoms with van der Waals surface area (Å²) in [7, 11) is 0. The van der Waals surface area contributed by atoms with Gasteiger partial charge in [-0.25, -0.2) is 15.0 Å². The summed E-state index contributed by atoms with van der Waals surface area (Å²) < 4.78 is 0. The topological polar surface area (TPSA) is 54.1 Å². The first-order chi connectivity index (χ1) is 5.77. The number of carbonyl (C=O) groups excluding carboxylic acids is 1. The molecule has 4 nitrogen and oxygen atoms in total. The number of halogens is 1. The van der Waals surface area contributed by atoms with Gasteiger partial charge in [-0.05, 0) is 6.08 Å². The van der Waals surface area contributed by atoms with Crippen LogP contribution in [0.1, 0.15) is 0 Å². The maximum absolute atomic E-state index is 11.1. The molecule has 0 aromatic heterocycles. The van der Waals surface area contributed by atoms with E-state index in [1.807, 2.05) is 0 Å². The van der Waals surface area contributed by atoms with Crippen LogP contribution in [0.2, 0.25) is 0 Å². The summed E-state index contributed by atoms with van der Waals surface area (Å²) in [5.41, 5.74) is 0.597. The van der Waals surface area contributed by atoms with Crippen LogP contribution < -0.4 is 0 Å². The first kappa shape index (κ1) is 7.36. The Labute approximate surface area is 73.4 Å². The molecular weight excluding hydrogens is 178 g/mol. The summed E-state index contributed by atoms with van der Waals surface area (Å²) in [6, 6.07) is 0. The van der Waals surface area contributed by atoms with E-state index >= 15 is 0 Å². The Morgan fingerprint density at radius 2 is 2.25 bits per heavy atom. The van der Waals surface area contributed by atoms with Crippen LogP contribution in [0.4, 0.5) is 0 Å². The Morgan fingerprint density at radius 1 is 1.42 bits per heavy atom. The number of hydrogen-bond acceptors (Lipinski definition) is 3. The van der Waals surface area contributed by atoms with Crippen molar-refractivity contribution >= 4 is 35.8 Å². The van der Waals surface area contributed by atoms with Crippen molar-refractivity contribution in [2.24, 2.45) is 20.9 Å². The molecule has 1 unspecified atom stereocenters. The van der Waals surface area contributed by atoms with Crippen LogP contribution in [-0.4, -0.2) is 24.2 Å². The lowest BCUT2D eigenvalue weighted by atomic mass is 10.0. The van der Waals surface area contributed by atoms with Gasteiger partial charge in [0.1, 0.15) is 17.4 Å². The van der Waals surface area contributed by atoms with Gasteiger partial charge in [-0.1, -0.05) is 11.6 Å². The van der Waals surface area contributed by atoms with Crippen molar-refractivity contribution in [1.82, 2.24) is 0 Å². The second-order valence-electron chi connectivity index (χ2n) is 2.36. The van der Waals surface area contributed by atoms with E-state index in [0.717, 1.165) is 0 Å². The normalized spacial score (nSPS) is 26.4. The van der Waals surface area contributed by atoms with E-state index in [9.17, 15) is 4.79 Å². The minimum absolute atomic E-state index is 0.246. The van der Waals surface area contributed by atoms with Gasteiger partial charge in [0.25, 0.3) is 5.91 Å². The molecule has 0 aromatic rings. The molecule has 0 N–H and O–H groups in total. The number of hydrogen-bond donors (Lipinski definition) is 0. The summed E-state index contributed by atoms with van der Waals surface area (Å²) in [6.45, 7) is 0. The number of aliphatic imine (C=N–C) groups is 3. The van der Waals surface area contributed by atoms with E-state index in [4.69, 9.17) is 11.6 Å². The molecule has 0 bridgehead atoms. The van der Waals surface area contributed by atoms with E-state index in [0.29, 0.717) is 10.9 Å². The Hall–Kier alpha value is -1.29. The molecule has 60 valence electrons. The number of amides is 1. The number of rotatable bonds is 0. The lowest BCUT2D eigenvalue weighted by Gasteiger charge is -2.13. The van der Waals surface area contributed by atoms with Crippen molar-refractivity contribution < 1.29 is 4.79 Å². The zero-order valence-electron chi connectivity index (χ0n) is 5.94. The molecule has 0 aromatic carbocycles. The first-order valence-electron chi connectivity index (χ1n) is 3.33. The average molecular weight is 182 g/mol. The lowest BCUT2D eigenvalue weighted by molar-refractivity contribution is -0.118. The van der Waals surface area contributed by atoms with Crippen LogP contribution in [-0.2, 0) is 4.79 Å². The smallest absolute Gasteiger partial charge is 0.260 e. The van der Waals surface area contributed by atoms with Gasteiger partial charge in [0.2, 0.25) is 0 Å². The van der Waals surface area contributed by atoms with Crippen LogP contribution in [0.15, 0.2) is 26.2 Å². The fraction of sp³-hybridized carbons (Fsp3) is 0.143. The van der Waals surface area contributed by atoms with Crippen molar-refractivity contribution in [3.63, 3.8) is 0 Å². The second-order valence-corrected chi connectivity index (χ2v) is 2.75.